The number of nitrogens with two attached hydrogens (primary N) is 1. The highest BCUT2D eigenvalue weighted by atomic mass is 127. The molecule has 0 spiro atoms. The second-order valence-corrected chi connectivity index (χ2v) is 5.09. The van der Waals surface area contributed by atoms with Crippen molar-refractivity contribution in [3.8, 4) is 0 Å². The van der Waals surface area contributed by atoms with E-state index in [1.165, 1.54) is 0 Å². The predicted molar refractivity (Wildman–Crippen MR) is 69.9 cm³/mol. The summed E-state index contributed by atoms with van der Waals surface area (Å²) in [6.07, 6.45) is 0. The van der Waals surface area contributed by atoms with Gasteiger partial charge in [-0.1, -0.05) is 12.1 Å². The Bertz CT molecular complexity index is 430. The molecule has 0 atom stereocenters. The van der Waals surface area contributed by atoms with E-state index in [1.54, 1.807) is 26.0 Å². The summed E-state index contributed by atoms with van der Waals surface area (Å²) in [6.45, 7) is 3.14. The SMILES string of the molecule is CC(C)(NC(=O)c1ccccc1I)C(N)=O. The second kappa shape index (κ2) is 4.82. The van der Waals surface area contributed by atoms with Crippen molar-refractivity contribution in [2.75, 3.05) is 0 Å². The van der Waals surface area contributed by atoms with E-state index in [-0.39, 0.29) is 5.91 Å². The number of amides is 2. The van der Waals surface area contributed by atoms with Gasteiger partial charge >= 0.3 is 0 Å². The van der Waals surface area contributed by atoms with E-state index in [1.807, 2.05) is 12.1 Å². The van der Waals surface area contributed by atoms with Crippen LogP contribution in [0.3, 0.4) is 0 Å². The molecule has 1 rings (SSSR count). The fourth-order valence-corrected chi connectivity index (χ4v) is 1.69. The molecule has 0 aliphatic heterocycles. The van der Waals surface area contributed by atoms with Crippen molar-refractivity contribution in [1.29, 1.82) is 0 Å². The minimum absolute atomic E-state index is 0.297. The van der Waals surface area contributed by atoms with Gasteiger partial charge in [-0.05, 0) is 48.6 Å². The topological polar surface area (TPSA) is 72.2 Å². The molecule has 0 aliphatic carbocycles. The monoisotopic (exact) mass is 332 g/mol. The molecule has 0 unspecified atom stereocenters. The summed E-state index contributed by atoms with van der Waals surface area (Å²) in [5.74, 6) is -0.861. The first-order valence-electron chi connectivity index (χ1n) is 4.71. The standard InChI is InChI=1S/C11H13IN2O2/c1-11(2,10(13)16)14-9(15)7-5-3-4-6-8(7)12/h3-6H,1-2H3,(H2,13,16)(H,14,15). The fourth-order valence-electron chi connectivity index (χ4n) is 1.06. The molecule has 1 aromatic carbocycles. The molecule has 16 heavy (non-hydrogen) atoms. The van der Waals surface area contributed by atoms with Crippen LogP contribution < -0.4 is 11.1 Å². The highest BCUT2D eigenvalue weighted by Crippen LogP contribution is 2.12. The minimum Gasteiger partial charge on any atom is -0.368 e. The third-order valence-corrected chi connectivity index (χ3v) is 3.10. The number of carbonyl (C=O) groups excluding carboxylic acids is 2. The van der Waals surface area contributed by atoms with Gasteiger partial charge in [0, 0.05) is 3.57 Å². The van der Waals surface area contributed by atoms with Gasteiger partial charge in [0.05, 0.1) is 5.56 Å². The Kier molecular flexibility index (Phi) is 3.90. The highest BCUT2D eigenvalue weighted by molar-refractivity contribution is 14.1. The lowest BCUT2D eigenvalue weighted by Gasteiger charge is -2.22. The molecule has 0 bridgehead atoms. The number of rotatable bonds is 3. The molecule has 0 saturated heterocycles. The fraction of sp³-hybridized carbons (Fsp3) is 0.273. The van der Waals surface area contributed by atoms with Crippen LogP contribution in [-0.2, 0) is 4.79 Å². The molecule has 3 N–H and O–H groups in total. The predicted octanol–water partition coefficient (Wildman–Crippen LogP) is 1.28. The van der Waals surface area contributed by atoms with Gasteiger partial charge in [-0.25, -0.2) is 0 Å². The molecule has 4 nitrogen and oxygen atoms in total. The number of benzene rings is 1. The third-order valence-electron chi connectivity index (χ3n) is 2.16. The van der Waals surface area contributed by atoms with Gasteiger partial charge in [0.15, 0.2) is 0 Å². The van der Waals surface area contributed by atoms with Crippen molar-refractivity contribution in [2.45, 2.75) is 19.4 Å². The molecule has 86 valence electrons. The zero-order valence-electron chi connectivity index (χ0n) is 9.08. The van der Waals surface area contributed by atoms with Crippen molar-refractivity contribution in [3.05, 3.63) is 33.4 Å². The number of primary amides is 1. The molecular weight excluding hydrogens is 319 g/mol. The Morgan fingerprint density at radius 1 is 1.31 bits per heavy atom. The maximum Gasteiger partial charge on any atom is 0.253 e. The zero-order chi connectivity index (χ0) is 12.3. The van der Waals surface area contributed by atoms with Crippen LogP contribution in [0.5, 0.6) is 0 Å². The number of carbonyl (C=O) groups is 2. The lowest BCUT2D eigenvalue weighted by molar-refractivity contribution is -0.122. The maximum atomic E-state index is 11.9. The van der Waals surface area contributed by atoms with Crippen LogP contribution in [0, 0.1) is 3.57 Å². The summed E-state index contributed by atoms with van der Waals surface area (Å²) < 4.78 is 0.831. The first-order valence-corrected chi connectivity index (χ1v) is 5.79. The quantitative estimate of drug-likeness (QED) is 0.819. The molecule has 5 heteroatoms. The molecule has 0 saturated carbocycles. The van der Waals surface area contributed by atoms with E-state index in [4.69, 9.17) is 5.73 Å². The Labute approximate surface area is 108 Å². The van der Waals surface area contributed by atoms with Gasteiger partial charge in [0.2, 0.25) is 5.91 Å². The molecule has 0 aliphatic rings. The second-order valence-electron chi connectivity index (χ2n) is 3.92. The molecule has 2 amide bonds. The lowest BCUT2D eigenvalue weighted by atomic mass is 10.0. The van der Waals surface area contributed by atoms with Crippen molar-refractivity contribution >= 4 is 34.4 Å². The summed E-state index contributed by atoms with van der Waals surface area (Å²) in [4.78, 5) is 22.9. The van der Waals surface area contributed by atoms with E-state index < -0.39 is 11.4 Å². The number of hydrogen-bond donors (Lipinski definition) is 2. The molecule has 1 aromatic rings. The van der Waals surface area contributed by atoms with E-state index in [9.17, 15) is 9.59 Å². The van der Waals surface area contributed by atoms with E-state index in [0.29, 0.717) is 5.56 Å². The summed E-state index contributed by atoms with van der Waals surface area (Å²) in [6, 6.07) is 7.15. The average molecular weight is 332 g/mol. The minimum atomic E-state index is -1.05. The van der Waals surface area contributed by atoms with Gasteiger partial charge in [-0.2, -0.15) is 0 Å². The van der Waals surface area contributed by atoms with Crippen LogP contribution >= 0.6 is 22.6 Å². The first-order chi connectivity index (χ1) is 7.34. The Balaban J connectivity index is 2.89. The van der Waals surface area contributed by atoms with Crippen LogP contribution in [0.2, 0.25) is 0 Å². The third kappa shape index (κ3) is 2.94. The van der Waals surface area contributed by atoms with Gasteiger partial charge in [0.1, 0.15) is 5.54 Å². The van der Waals surface area contributed by atoms with E-state index >= 15 is 0 Å². The number of hydrogen-bond acceptors (Lipinski definition) is 2. The summed E-state index contributed by atoms with van der Waals surface area (Å²) in [5, 5.41) is 2.59. The normalized spacial score (nSPS) is 10.9. The van der Waals surface area contributed by atoms with Crippen LogP contribution in [0.15, 0.2) is 24.3 Å². The van der Waals surface area contributed by atoms with Crippen LogP contribution in [0.1, 0.15) is 24.2 Å². The largest absolute Gasteiger partial charge is 0.368 e. The average Bonchev–Trinajstić information content (AvgIpc) is 2.17. The molecule has 0 fully saturated rings. The van der Waals surface area contributed by atoms with E-state index in [2.05, 4.69) is 27.9 Å². The number of halogens is 1. The van der Waals surface area contributed by atoms with Gasteiger partial charge in [0.25, 0.3) is 5.91 Å². The molecule has 0 aromatic heterocycles. The van der Waals surface area contributed by atoms with Gasteiger partial charge in [-0.3, -0.25) is 9.59 Å². The highest BCUT2D eigenvalue weighted by Gasteiger charge is 2.27. The van der Waals surface area contributed by atoms with Crippen molar-refractivity contribution in [3.63, 3.8) is 0 Å². The van der Waals surface area contributed by atoms with Crippen LogP contribution in [0.25, 0.3) is 0 Å². The maximum absolute atomic E-state index is 11.9. The lowest BCUT2D eigenvalue weighted by Crippen LogP contribution is -2.53. The molecule has 0 radical (unpaired) electrons. The number of nitrogens with one attached hydrogen (secondary N) is 1. The zero-order valence-corrected chi connectivity index (χ0v) is 11.2. The van der Waals surface area contributed by atoms with Gasteiger partial charge < -0.3 is 11.1 Å². The summed E-state index contributed by atoms with van der Waals surface area (Å²) >= 11 is 2.07. The van der Waals surface area contributed by atoms with Gasteiger partial charge in [-0.15, -0.1) is 0 Å². The Morgan fingerprint density at radius 3 is 2.38 bits per heavy atom. The van der Waals surface area contributed by atoms with E-state index in [0.717, 1.165) is 3.57 Å². The summed E-state index contributed by atoms with van der Waals surface area (Å²) in [7, 11) is 0. The summed E-state index contributed by atoms with van der Waals surface area (Å²) in [5.41, 5.74) is 4.67. The Hall–Kier alpha value is -1.11. The molecule has 0 heterocycles. The van der Waals surface area contributed by atoms with Crippen LogP contribution in [0.4, 0.5) is 0 Å². The molecular formula is C11H13IN2O2. The van der Waals surface area contributed by atoms with Crippen LogP contribution in [-0.4, -0.2) is 17.4 Å². The smallest absolute Gasteiger partial charge is 0.253 e. The first kappa shape index (κ1) is 13.0. The van der Waals surface area contributed by atoms with Crippen molar-refractivity contribution in [1.82, 2.24) is 5.32 Å². The Morgan fingerprint density at radius 2 is 1.88 bits per heavy atom. The van der Waals surface area contributed by atoms with Crippen molar-refractivity contribution < 1.29 is 9.59 Å². The van der Waals surface area contributed by atoms with Crippen molar-refractivity contribution in [2.24, 2.45) is 5.73 Å².